The fourth-order valence-corrected chi connectivity index (χ4v) is 0.625. The molecule has 1 rings (SSSR count). The Morgan fingerprint density at radius 3 is 1.60 bits per heavy atom. The molecule has 0 saturated carbocycles. The molecule has 1 aromatic rings. The Hall–Kier alpha value is -2.44. The summed E-state index contributed by atoms with van der Waals surface area (Å²) in [6.45, 7) is 2.86. The van der Waals surface area contributed by atoms with Crippen LogP contribution in [0.4, 0.5) is 13.2 Å². The topological polar surface area (TPSA) is 122 Å². The van der Waals surface area contributed by atoms with Crippen molar-refractivity contribution in [2.45, 2.75) is 20.0 Å². The molecule has 1 aromatic heterocycles. The number of rotatable bonds is 0. The first-order chi connectivity index (χ1) is 8.81. The number of nitriles is 4. The molecule has 0 atom stereocenters. The molecule has 0 fully saturated rings. The molecular weight excluding hydrogens is 268 g/mol. The van der Waals surface area contributed by atoms with Gasteiger partial charge >= 0.3 is 25.0 Å². The van der Waals surface area contributed by atoms with Gasteiger partial charge in [-0.1, -0.05) is 0 Å². The van der Waals surface area contributed by atoms with Gasteiger partial charge in [-0.2, -0.15) is 34.2 Å². The number of alkyl halides is 3. The second kappa shape index (κ2) is 11.6. The van der Waals surface area contributed by atoms with Crippen LogP contribution in [0.2, 0.25) is 0 Å². The third-order valence-corrected chi connectivity index (χ3v) is 1.13. The summed E-state index contributed by atoms with van der Waals surface area (Å²) in [5.41, 5.74) is -1.20. The van der Waals surface area contributed by atoms with Crippen LogP contribution in [0.3, 0.4) is 0 Å². The molecule has 0 bridgehead atoms. The van der Waals surface area contributed by atoms with Gasteiger partial charge in [0.1, 0.15) is 0 Å². The minimum absolute atomic E-state index is 0. The second-order valence-electron chi connectivity index (χ2n) is 2.41. The van der Waals surface area contributed by atoms with Crippen molar-refractivity contribution in [2.75, 3.05) is 0 Å². The van der Waals surface area contributed by atoms with E-state index in [-0.39, 0.29) is 18.9 Å². The smallest absolute Gasteiger partial charge is 0.422 e. The minimum Gasteiger partial charge on any atom is -0.422 e. The molecule has 0 saturated heterocycles. The predicted octanol–water partition coefficient (Wildman–Crippen LogP) is -1.14. The van der Waals surface area contributed by atoms with Gasteiger partial charge in [0.25, 0.3) is 0 Å². The molecular formula is C10H6F3LiN6. The summed E-state index contributed by atoms with van der Waals surface area (Å²) in [4.78, 5) is 5.70. The molecule has 0 amide bonds. The normalized spacial score (nSPS) is 7.65. The molecule has 0 aliphatic heterocycles. The van der Waals surface area contributed by atoms with E-state index >= 15 is 0 Å². The van der Waals surface area contributed by atoms with Crippen LogP contribution < -0.4 is 23.8 Å². The fraction of sp³-hybridized carbons (Fsp3) is 0.300. The van der Waals surface area contributed by atoms with Gasteiger partial charge in [-0.3, -0.25) is 0 Å². The number of hydrogen-bond acceptors (Lipinski definition) is 5. The summed E-state index contributed by atoms with van der Waals surface area (Å²) >= 11 is 0. The SMILES string of the molecule is CC#N.CC#N.N#Cc1nc(C(F)(F)F)[n-]c1C#N.[Li+]. The standard InChI is InChI=1S/C6F3N4.2C2H3N.Li/c7-6(8,9)5-12-3(1-10)4(2-11)13-5;2*1-2-3;/h;2*1H3;/q-1;;;+1. The summed E-state index contributed by atoms with van der Waals surface area (Å²) in [6, 6.07) is 6.19. The summed E-state index contributed by atoms with van der Waals surface area (Å²) in [6.07, 6.45) is -4.72. The van der Waals surface area contributed by atoms with Gasteiger partial charge in [0.15, 0.2) is 0 Å². The number of nitrogens with zero attached hydrogens (tertiary/aromatic N) is 6. The van der Waals surface area contributed by atoms with Crippen LogP contribution >= 0.6 is 0 Å². The zero-order chi connectivity index (χ0) is 15.5. The average molecular weight is 274 g/mol. The summed E-state index contributed by atoms with van der Waals surface area (Å²) in [7, 11) is 0. The van der Waals surface area contributed by atoms with E-state index < -0.39 is 23.4 Å². The Kier molecular flexibility index (Phi) is 13.2. The van der Waals surface area contributed by atoms with Crippen LogP contribution in [0.25, 0.3) is 0 Å². The number of imidazole rings is 1. The Labute approximate surface area is 125 Å². The number of hydrogen-bond donors (Lipinski definition) is 0. The van der Waals surface area contributed by atoms with Crippen LogP contribution in [0, 0.1) is 45.3 Å². The third kappa shape index (κ3) is 8.62. The van der Waals surface area contributed by atoms with E-state index in [0.717, 1.165) is 0 Å². The van der Waals surface area contributed by atoms with Crippen molar-refractivity contribution in [1.82, 2.24) is 9.97 Å². The number of aromatic nitrogens is 2. The first-order valence-electron chi connectivity index (χ1n) is 4.36. The molecule has 10 heteroatoms. The predicted molar refractivity (Wildman–Crippen MR) is 54.6 cm³/mol. The van der Waals surface area contributed by atoms with Crippen LogP contribution in [-0.2, 0) is 6.18 Å². The first kappa shape index (κ1) is 22.7. The molecule has 0 aromatic carbocycles. The van der Waals surface area contributed by atoms with Gasteiger partial charge in [-0.15, -0.1) is 0 Å². The van der Waals surface area contributed by atoms with E-state index in [1.54, 1.807) is 12.1 Å². The Bertz CT molecular complexity index is 521. The molecule has 0 spiro atoms. The van der Waals surface area contributed by atoms with E-state index in [1.807, 2.05) is 0 Å². The van der Waals surface area contributed by atoms with E-state index in [2.05, 4.69) is 9.97 Å². The summed E-state index contributed by atoms with van der Waals surface area (Å²) in [5.74, 6) is -1.46. The van der Waals surface area contributed by atoms with Crippen molar-refractivity contribution < 1.29 is 32.0 Å². The molecule has 0 unspecified atom stereocenters. The van der Waals surface area contributed by atoms with Crippen LogP contribution in [0.15, 0.2) is 0 Å². The molecule has 0 N–H and O–H groups in total. The van der Waals surface area contributed by atoms with E-state index in [0.29, 0.717) is 0 Å². The molecule has 0 aliphatic rings. The van der Waals surface area contributed by atoms with Gasteiger partial charge in [0.2, 0.25) is 0 Å². The van der Waals surface area contributed by atoms with Gasteiger partial charge < -0.3 is 9.97 Å². The van der Waals surface area contributed by atoms with E-state index in [9.17, 15) is 13.2 Å². The molecule has 6 nitrogen and oxygen atoms in total. The van der Waals surface area contributed by atoms with Crippen LogP contribution in [-0.4, -0.2) is 4.98 Å². The monoisotopic (exact) mass is 274 g/mol. The van der Waals surface area contributed by atoms with Crippen molar-refractivity contribution in [3.63, 3.8) is 0 Å². The van der Waals surface area contributed by atoms with E-state index in [4.69, 9.17) is 21.0 Å². The zero-order valence-corrected chi connectivity index (χ0v) is 10.8. The first-order valence-corrected chi connectivity index (χ1v) is 4.36. The molecule has 0 aliphatic carbocycles. The summed E-state index contributed by atoms with van der Waals surface area (Å²) in [5, 5.41) is 31.2. The van der Waals surface area contributed by atoms with Crippen molar-refractivity contribution in [2.24, 2.45) is 0 Å². The largest absolute Gasteiger partial charge is 1.00 e. The third-order valence-electron chi connectivity index (χ3n) is 1.13. The van der Waals surface area contributed by atoms with Gasteiger partial charge in [-0.05, 0) is 0 Å². The summed E-state index contributed by atoms with van der Waals surface area (Å²) < 4.78 is 35.7. The van der Waals surface area contributed by atoms with Crippen LogP contribution in [0.1, 0.15) is 31.1 Å². The maximum atomic E-state index is 11.9. The molecule has 0 radical (unpaired) electrons. The Balaban J connectivity index is -0.000000356. The second-order valence-corrected chi connectivity index (χ2v) is 2.41. The van der Waals surface area contributed by atoms with Crippen molar-refractivity contribution >= 4 is 0 Å². The quantitative estimate of drug-likeness (QED) is 0.551. The van der Waals surface area contributed by atoms with Crippen molar-refractivity contribution in [3.8, 4) is 24.3 Å². The van der Waals surface area contributed by atoms with Gasteiger partial charge in [0, 0.05) is 19.7 Å². The zero-order valence-electron chi connectivity index (χ0n) is 10.8. The molecule has 98 valence electrons. The number of halogens is 3. The molecule has 20 heavy (non-hydrogen) atoms. The maximum absolute atomic E-state index is 11.9. The van der Waals surface area contributed by atoms with E-state index in [1.165, 1.54) is 26.0 Å². The average Bonchev–Trinajstić information content (AvgIpc) is 2.73. The van der Waals surface area contributed by atoms with Crippen molar-refractivity contribution in [3.05, 3.63) is 17.2 Å². The minimum atomic E-state index is -4.72. The fourth-order valence-electron chi connectivity index (χ4n) is 0.625. The van der Waals surface area contributed by atoms with Crippen molar-refractivity contribution in [1.29, 1.82) is 21.0 Å². The van der Waals surface area contributed by atoms with Gasteiger partial charge in [-0.25, -0.2) is 0 Å². The van der Waals surface area contributed by atoms with Gasteiger partial charge in [0.05, 0.1) is 35.7 Å². The molecule has 1 heterocycles. The maximum Gasteiger partial charge on any atom is 1.00 e. The Morgan fingerprint density at radius 1 is 1.00 bits per heavy atom. The van der Waals surface area contributed by atoms with Crippen LogP contribution in [0.5, 0.6) is 0 Å². The Morgan fingerprint density at radius 2 is 1.40 bits per heavy atom.